The standard InChI is InChI=1S/C73H143NO5/c1-3-5-7-9-11-13-15-16-17-18-36-39-42-46-49-53-57-61-65-71(76)70(69-75)74-72(77)66-62-58-54-50-47-43-40-37-34-32-30-28-26-24-22-20-19-21-23-25-27-29-31-33-35-38-41-44-48-52-56-60-64-68-79-73(78)67-63-59-55-51-45-14-12-10-8-6-4-2/h10,12,70-71,75-76H,3-9,11,13-69H2,1-2H3,(H,74,77)/b12-10-. The van der Waals surface area contributed by atoms with Crippen LogP contribution in [0, 0.1) is 0 Å². The van der Waals surface area contributed by atoms with Crippen molar-refractivity contribution in [1.29, 1.82) is 0 Å². The fourth-order valence-corrected chi connectivity index (χ4v) is 11.7. The van der Waals surface area contributed by atoms with Crippen LogP contribution in [0.2, 0.25) is 0 Å². The summed E-state index contributed by atoms with van der Waals surface area (Å²) in [7, 11) is 0. The minimum atomic E-state index is -0.660. The highest BCUT2D eigenvalue weighted by Crippen LogP contribution is 2.20. The quantitative estimate of drug-likeness (QED) is 0.0320. The van der Waals surface area contributed by atoms with Gasteiger partial charge in [-0.2, -0.15) is 0 Å². The van der Waals surface area contributed by atoms with Gasteiger partial charge >= 0.3 is 5.97 Å². The second kappa shape index (κ2) is 69.1. The van der Waals surface area contributed by atoms with Crippen molar-refractivity contribution in [3.8, 4) is 0 Å². The lowest BCUT2D eigenvalue weighted by Crippen LogP contribution is -2.45. The minimum Gasteiger partial charge on any atom is -0.466 e. The Morgan fingerprint density at radius 1 is 0.342 bits per heavy atom. The van der Waals surface area contributed by atoms with E-state index < -0.39 is 12.1 Å². The van der Waals surface area contributed by atoms with Crippen LogP contribution >= 0.6 is 0 Å². The van der Waals surface area contributed by atoms with Crippen molar-refractivity contribution in [2.24, 2.45) is 0 Å². The monoisotopic (exact) mass is 1110 g/mol. The number of hydrogen-bond donors (Lipinski definition) is 3. The molecule has 0 aromatic carbocycles. The highest BCUT2D eigenvalue weighted by atomic mass is 16.5. The summed E-state index contributed by atoms with van der Waals surface area (Å²) in [6.45, 7) is 4.96. The van der Waals surface area contributed by atoms with Gasteiger partial charge in [0.1, 0.15) is 0 Å². The Morgan fingerprint density at radius 3 is 0.937 bits per heavy atom. The van der Waals surface area contributed by atoms with E-state index in [1.165, 1.54) is 340 Å². The number of amides is 1. The maximum Gasteiger partial charge on any atom is 0.305 e. The van der Waals surface area contributed by atoms with Crippen LogP contribution in [0.25, 0.3) is 0 Å². The summed E-state index contributed by atoms with van der Waals surface area (Å²) in [6.07, 6.45) is 85.7. The molecule has 0 aliphatic heterocycles. The average Bonchev–Trinajstić information content (AvgIpc) is 3.45. The topological polar surface area (TPSA) is 95.9 Å². The van der Waals surface area contributed by atoms with Crippen molar-refractivity contribution >= 4 is 11.9 Å². The third-order valence-corrected chi connectivity index (χ3v) is 17.3. The summed E-state index contributed by atoms with van der Waals surface area (Å²) in [5, 5.41) is 23.4. The summed E-state index contributed by atoms with van der Waals surface area (Å²) in [4.78, 5) is 24.5. The van der Waals surface area contributed by atoms with Gasteiger partial charge in [0.2, 0.25) is 5.91 Å². The smallest absolute Gasteiger partial charge is 0.305 e. The maximum absolute atomic E-state index is 12.5. The van der Waals surface area contributed by atoms with Crippen LogP contribution in [0.4, 0.5) is 0 Å². The van der Waals surface area contributed by atoms with Gasteiger partial charge in [-0.1, -0.05) is 373 Å². The van der Waals surface area contributed by atoms with Crippen LogP contribution in [0.15, 0.2) is 12.2 Å². The molecule has 0 saturated heterocycles. The van der Waals surface area contributed by atoms with Gasteiger partial charge in [-0.25, -0.2) is 0 Å². The van der Waals surface area contributed by atoms with Gasteiger partial charge in [-0.15, -0.1) is 0 Å². The number of carbonyl (C=O) groups excluding carboxylic acids is 2. The molecule has 0 saturated carbocycles. The summed E-state index contributed by atoms with van der Waals surface area (Å²) >= 11 is 0. The van der Waals surface area contributed by atoms with E-state index in [0.717, 1.165) is 44.9 Å². The second-order valence-electron chi connectivity index (χ2n) is 25.3. The molecule has 2 atom stereocenters. The zero-order chi connectivity index (χ0) is 57.1. The normalized spacial score (nSPS) is 12.5. The molecule has 0 fully saturated rings. The molecule has 0 radical (unpaired) electrons. The highest BCUT2D eigenvalue weighted by Gasteiger charge is 2.20. The van der Waals surface area contributed by atoms with Crippen molar-refractivity contribution in [3.05, 3.63) is 12.2 Å². The van der Waals surface area contributed by atoms with E-state index in [1.807, 2.05) is 0 Å². The fourth-order valence-electron chi connectivity index (χ4n) is 11.7. The Bertz CT molecular complexity index is 1190. The predicted octanol–water partition coefficient (Wildman–Crippen LogP) is 23.5. The summed E-state index contributed by atoms with van der Waals surface area (Å²) in [5.74, 6) is -0.0143. The van der Waals surface area contributed by atoms with Gasteiger partial charge in [0.15, 0.2) is 0 Å². The van der Waals surface area contributed by atoms with Crippen LogP contribution < -0.4 is 5.32 Å². The Labute approximate surface area is 495 Å². The van der Waals surface area contributed by atoms with E-state index >= 15 is 0 Å². The molecule has 79 heavy (non-hydrogen) atoms. The van der Waals surface area contributed by atoms with Gasteiger partial charge in [0.25, 0.3) is 0 Å². The van der Waals surface area contributed by atoms with E-state index in [9.17, 15) is 19.8 Å². The molecule has 0 bridgehead atoms. The molecule has 6 heteroatoms. The Morgan fingerprint density at radius 2 is 0.608 bits per heavy atom. The zero-order valence-electron chi connectivity index (χ0n) is 53.9. The molecule has 0 aromatic heterocycles. The number of allylic oxidation sites excluding steroid dienone is 2. The number of esters is 1. The Balaban J connectivity index is 3.32. The molecule has 1 amide bonds. The van der Waals surface area contributed by atoms with Gasteiger partial charge in [-0.05, 0) is 44.9 Å². The fraction of sp³-hybridized carbons (Fsp3) is 0.945. The van der Waals surface area contributed by atoms with Crippen LogP contribution in [-0.4, -0.2) is 47.4 Å². The minimum absolute atomic E-state index is 0.0114. The molecule has 6 nitrogen and oxygen atoms in total. The first-order valence-corrected chi connectivity index (χ1v) is 36.4. The van der Waals surface area contributed by atoms with Crippen molar-refractivity contribution in [3.63, 3.8) is 0 Å². The maximum atomic E-state index is 12.5. The Hall–Kier alpha value is -1.40. The molecular weight excluding hydrogens is 971 g/mol. The lowest BCUT2D eigenvalue weighted by molar-refractivity contribution is -0.143. The molecule has 0 aliphatic carbocycles. The SMILES string of the molecule is CCCC/C=C\CCCCCCCC(=O)OCCCCCCCCCCCCCCCCCCCCCCCCCCCCCCCCCCCC(=O)NC(CO)C(O)CCCCCCCCCCCCCCCCCCCC. The first-order valence-electron chi connectivity index (χ1n) is 36.4. The van der Waals surface area contributed by atoms with E-state index in [-0.39, 0.29) is 18.5 Å². The molecule has 0 spiro atoms. The predicted molar refractivity (Wildman–Crippen MR) is 347 cm³/mol. The number of hydrogen-bond acceptors (Lipinski definition) is 5. The van der Waals surface area contributed by atoms with Crippen molar-refractivity contribution in [1.82, 2.24) is 5.32 Å². The summed E-state index contributed by atoms with van der Waals surface area (Å²) < 4.78 is 5.47. The van der Waals surface area contributed by atoms with Crippen molar-refractivity contribution in [2.45, 2.75) is 431 Å². The number of carbonyl (C=O) groups is 2. The van der Waals surface area contributed by atoms with Gasteiger partial charge in [0.05, 0.1) is 25.4 Å². The van der Waals surface area contributed by atoms with Gasteiger partial charge in [0, 0.05) is 12.8 Å². The highest BCUT2D eigenvalue weighted by molar-refractivity contribution is 5.76. The first kappa shape index (κ1) is 77.6. The second-order valence-corrected chi connectivity index (χ2v) is 25.3. The van der Waals surface area contributed by atoms with Crippen molar-refractivity contribution in [2.75, 3.05) is 13.2 Å². The number of aliphatic hydroxyl groups is 2. The summed E-state index contributed by atoms with van der Waals surface area (Å²) in [5.41, 5.74) is 0. The zero-order valence-corrected chi connectivity index (χ0v) is 53.9. The number of ether oxygens (including phenoxy) is 1. The number of nitrogens with one attached hydrogen (secondary N) is 1. The van der Waals surface area contributed by atoms with Crippen LogP contribution in [0.1, 0.15) is 418 Å². The van der Waals surface area contributed by atoms with Crippen LogP contribution in [0.5, 0.6) is 0 Å². The number of aliphatic hydroxyl groups excluding tert-OH is 2. The number of unbranched alkanes of at least 4 members (excludes halogenated alkanes) is 56. The molecular formula is C73H143NO5. The molecule has 0 aliphatic rings. The molecule has 0 rings (SSSR count). The molecule has 0 heterocycles. The Kier molecular flexibility index (Phi) is 67.9. The average molecular weight is 1110 g/mol. The lowest BCUT2D eigenvalue weighted by Gasteiger charge is -2.22. The first-order chi connectivity index (χ1) is 39.0. The van der Waals surface area contributed by atoms with Gasteiger partial charge < -0.3 is 20.3 Å². The van der Waals surface area contributed by atoms with Gasteiger partial charge in [-0.3, -0.25) is 9.59 Å². The van der Waals surface area contributed by atoms with Crippen LogP contribution in [0.3, 0.4) is 0 Å². The largest absolute Gasteiger partial charge is 0.466 e. The third-order valence-electron chi connectivity index (χ3n) is 17.3. The molecule has 2 unspecified atom stereocenters. The number of rotatable bonds is 69. The van der Waals surface area contributed by atoms with E-state index in [1.54, 1.807) is 0 Å². The van der Waals surface area contributed by atoms with E-state index in [0.29, 0.717) is 25.9 Å². The van der Waals surface area contributed by atoms with E-state index in [4.69, 9.17) is 4.74 Å². The molecule has 0 aromatic rings. The van der Waals surface area contributed by atoms with Crippen molar-refractivity contribution < 1.29 is 24.5 Å². The van der Waals surface area contributed by atoms with Crippen LogP contribution in [-0.2, 0) is 14.3 Å². The third kappa shape index (κ3) is 65.6. The lowest BCUT2D eigenvalue weighted by atomic mass is 10.0. The van der Waals surface area contributed by atoms with E-state index in [2.05, 4.69) is 31.3 Å². The molecule has 3 N–H and O–H groups in total. The summed E-state index contributed by atoms with van der Waals surface area (Å²) in [6, 6.07) is -0.537. The molecule has 470 valence electrons.